The average molecular weight is 288 g/mol. The second-order valence-electron chi connectivity index (χ2n) is 4.12. The molecule has 0 atom stereocenters. The molecule has 2 rings (SSSR count). The van der Waals surface area contributed by atoms with Crippen LogP contribution < -0.4 is 5.32 Å². The molecule has 0 bridgehead atoms. The summed E-state index contributed by atoms with van der Waals surface area (Å²) in [6.07, 6.45) is 1.63. The molecular weight excluding hydrogens is 274 g/mol. The first-order valence-electron chi connectivity index (χ1n) is 6.04. The molecule has 0 aromatic heterocycles. The summed E-state index contributed by atoms with van der Waals surface area (Å²) >= 11 is 5.78. The van der Waals surface area contributed by atoms with Crippen LogP contribution in [0.4, 0.5) is 10.5 Å². The lowest BCUT2D eigenvalue weighted by atomic mass is 10.2. The number of nitrogens with one attached hydrogen (secondary N) is 1. The number of urea groups is 1. The van der Waals surface area contributed by atoms with Gasteiger partial charge in [0.15, 0.2) is 0 Å². The Hall–Kier alpha value is -2.33. The maximum Gasteiger partial charge on any atom is 0.341 e. The van der Waals surface area contributed by atoms with Crippen molar-refractivity contribution in [3.05, 3.63) is 65.2 Å². The van der Waals surface area contributed by atoms with Crippen LogP contribution >= 0.6 is 11.6 Å². The van der Waals surface area contributed by atoms with Gasteiger partial charge in [0.25, 0.3) is 0 Å². The van der Waals surface area contributed by atoms with Crippen LogP contribution in [0.25, 0.3) is 0 Å². The molecule has 0 saturated carbocycles. The van der Waals surface area contributed by atoms with E-state index in [9.17, 15) is 4.79 Å². The number of benzene rings is 2. The van der Waals surface area contributed by atoms with E-state index < -0.39 is 0 Å². The molecule has 0 fully saturated rings. The summed E-state index contributed by atoms with van der Waals surface area (Å²) in [5, 5.41) is 8.66. The number of anilines is 1. The van der Waals surface area contributed by atoms with Crippen molar-refractivity contribution < 1.29 is 4.79 Å². The number of rotatable bonds is 3. The Kier molecular flexibility index (Phi) is 4.74. The maximum absolute atomic E-state index is 11.9. The molecule has 4 nitrogen and oxygen atoms in total. The first-order chi connectivity index (χ1) is 9.65. The van der Waals surface area contributed by atoms with Crippen molar-refractivity contribution in [1.82, 2.24) is 5.01 Å². The van der Waals surface area contributed by atoms with Crippen LogP contribution in [-0.2, 0) is 0 Å². The van der Waals surface area contributed by atoms with Crippen LogP contribution in [-0.4, -0.2) is 24.3 Å². The van der Waals surface area contributed by atoms with Crippen LogP contribution in [0.5, 0.6) is 0 Å². The molecular formula is C15H14ClN3O. The molecule has 0 heterocycles. The average Bonchev–Trinajstić information content (AvgIpc) is 2.48. The highest BCUT2D eigenvalue weighted by Crippen LogP contribution is 2.13. The summed E-state index contributed by atoms with van der Waals surface area (Å²) < 4.78 is 0. The minimum Gasteiger partial charge on any atom is -0.306 e. The molecule has 2 aromatic rings. The van der Waals surface area contributed by atoms with Crippen LogP contribution in [0.3, 0.4) is 0 Å². The first kappa shape index (κ1) is 14.1. The molecule has 0 aliphatic rings. The number of carbonyl (C=O) groups excluding carboxylic acids is 1. The van der Waals surface area contributed by atoms with Gasteiger partial charge in [-0.1, -0.05) is 41.9 Å². The largest absolute Gasteiger partial charge is 0.341 e. The minimum atomic E-state index is -0.320. The molecule has 20 heavy (non-hydrogen) atoms. The second kappa shape index (κ2) is 6.73. The van der Waals surface area contributed by atoms with Gasteiger partial charge in [0, 0.05) is 17.8 Å². The normalized spacial score (nSPS) is 10.5. The molecule has 0 spiro atoms. The van der Waals surface area contributed by atoms with Crippen molar-refractivity contribution >= 4 is 29.5 Å². The Labute approximate surface area is 122 Å². The summed E-state index contributed by atoms with van der Waals surface area (Å²) in [6, 6.07) is 16.1. The molecule has 2 amide bonds. The standard InChI is InChI=1S/C15H14ClN3O/c1-19(17-11-12-5-3-2-4-6-12)15(20)18-14-9-7-13(16)8-10-14/h2-11H,1H3,(H,18,20)/b17-11+. The van der Waals surface area contributed by atoms with E-state index in [-0.39, 0.29) is 6.03 Å². The fraction of sp³-hybridized carbons (Fsp3) is 0.0667. The van der Waals surface area contributed by atoms with Crippen molar-refractivity contribution in [1.29, 1.82) is 0 Å². The topological polar surface area (TPSA) is 44.7 Å². The number of hydrazone groups is 1. The van der Waals surface area contributed by atoms with Crippen molar-refractivity contribution in [2.45, 2.75) is 0 Å². The number of hydrogen-bond donors (Lipinski definition) is 1. The lowest BCUT2D eigenvalue weighted by Crippen LogP contribution is -2.26. The second-order valence-corrected chi connectivity index (χ2v) is 4.55. The Morgan fingerprint density at radius 1 is 1.15 bits per heavy atom. The molecule has 5 heteroatoms. The van der Waals surface area contributed by atoms with Crippen molar-refractivity contribution in [3.63, 3.8) is 0 Å². The van der Waals surface area contributed by atoms with Gasteiger partial charge < -0.3 is 5.32 Å². The Morgan fingerprint density at radius 3 is 2.45 bits per heavy atom. The molecule has 0 aliphatic heterocycles. The van der Waals surface area contributed by atoms with Crippen molar-refractivity contribution in [3.8, 4) is 0 Å². The highest BCUT2D eigenvalue weighted by atomic mass is 35.5. The van der Waals surface area contributed by atoms with Gasteiger partial charge in [-0.05, 0) is 29.8 Å². The molecule has 0 radical (unpaired) electrons. The summed E-state index contributed by atoms with van der Waals surface area (Å²) in [7, 11) is 1.59. The summed E-state index contributed by atoms with van der Waals surface area (Å²) in [6.45, 7) is 0. The Balaban J connectivity index is 1.95. The van der Waals surface area contributed by atoms with Gasteiger partial charge in [-0.25, -0.2) is 9.80 Å². The lowest BCUT2D eigenvalue weighted by molar-refractivity contribution is 0.224. The fourth-order valence-corrected chi connectivity index (χ4v) is 1.61. The zero-order valence-corrected chi connectivity index (χ0v) is 11.7. The maximum atomic E-state index is 11.9. The minimum absolute atomic E-state index is 0.320. The van der Waals surface area contributed by atoms with Gasteiger partial charge in [0.2, 0.25) is 0 Å². The number of carbonyl (C=O) groups is 1. The van der Waals surface area contributed by atoms with Gasteiger partial charge >= 0.3 is 6.03 Å². The molecule has 0 aliphatic carbocycles. The van der Waals surface area contributed by atoms with Gasteiger partial charge in [0.1, 0.15) is 0 Å². The van der Waals surface area contributed by atoms with Crippen molar-refractivity contribution in [2.75, 3.05) is 12.4 Å². The Morgan fingerprint density at radius 2 is 1.80 bits per heavy atom. The zero-order chi connectivity index (χ0) is 14.4. The number of amides is 2. The van der Waals surface area contributed by atoms with E-state index in [0.717, 1.165) is 5.56 Å². The fourth-order valence-electron chi connectivity index (χ4n) is 1.48. The van der Waals surface area contributed by atoms with E-state index >= 15 is 0 Å². The van der Waals surface area contributed by atoms with Gasteiger partial charge in [-0.2, -0.15) is 5.10 Å². The van der Waals surface area contributed by atoms with Crippen LogP contribution in [0.15, 0.2) is 59.7 Å². The third-order valence-corrected chi connectivity index (χ3v) is 2.82. The van der Waals surface area contributed by atoms with Gasteiger partial charge in [-0.15, -0.1) is 0 Å². The molecule has 1 N–H and O–H groups in total. The molecule has 102 valence electrons. The quantitative estimate of drug-likeness (QED) is 0.676. The van der Waals surface area contributed by atoms with E-state index in [4.69, 9.17) is 11.6 Å². The molecule has 0 saturated heterocycles. The summed E-state index contributed by atoms with van der Waals surface area (Å²) in [5.74, 6) is 0. The summed E-state index contributed by atoms with van der Waals surface area (Å²) in [5.41, 5.74) is 1.60. The van der Waals surface area contributed by atoms with Gasteiger partial charge in [-0.3, -0.25) is 0 Å². The highest BCUT2D eigenvalue weighted by Gasteiger charge is 2.06. The predicted molar refractivity (Wildman–Crippen MR) is 82.3 cm³/mol. The van der Waals surface area contributed by atoms with E-state index in [1.807, 2.05) is 30.3 Å². The third kappa shape index (κ3) is 4.10. The zero-order valence-electron chi connectivity index (χ0n) is 11.0. The van der Waals surface area contributed by atoms with Gasteiger partial charge in [0.05, 0.1) is 6.21 Å². The lowest BCUT2D eigenvalue weighted by Gasteiger charge is -2.12. The van der Waals surface area contributed by atoms with E-state index in [0.29, 0.717) is 10.7 Å². The van der Waals surface area contributed by atoms with Crippen LogP contribution in [0, 0.1) is 0 Å². The SMILES string of the molecule is CN(/N=C/c1ccccc1)C(=O)Nc1ccc(Cl)cc1. The first-order valence-corrected chi connectivity index (χ1v) is 6.42. The highest BCUT2D eigenvalue weighted by molar-refractivity contribution is 6.30. The van der Waals surface area contributed by atoms with Crippen LogP contribution in [0.2, 0.25) is 5.02 Å². The molecule has 2 aromatic carbocycles. The summed E-state index contributed by atoms with van der Waals surface area (Å²) in [4.78, 5) is 11.9. The van der Waals surface area contributed by atoms with Crippen molar-refractivity contribution in [2.24, 2.45) is 5.10 Å². The van der Waals surface area contributed by atoms with E-state index in [1.54, 1.807) is 37.5 Å². The smallest absolute Gasteiger partial charge is 0.306 e. The monoisotopic (exact) mass is 287 g/mol. The predicted octanol–water partition coefficient (Wildman–Crippen LogP) is 3.84. The number of nitrogens with zero attached hydrogens (tertiary/aromatic N) is 2. The Bertz CT molecular complexity index is 596. The third-order valence-electron chi connectivity index (χ3n) is 2.57. The number of hydrogen-bond acceptors (Lipinski definition) is 2. The molecule has 0 unspecified atom stereocenters. The number of halogens is 1. The van der Waals surface area contributed by atoms with Crippen LogP contribution in [0.1, 0.15) is 5.56 Å². The van der Waals surface area contributed by atoms with E-state index in [1.165, 1.54) is 5.01 Å². The van der Waals surface area contributed by atoms with E-state index in [2.05, 4.69) is 10.4 Å².